The zero-order valence-electron chi connectivity index (χ0n) is 9.93. The van der Waals surface area contributed by atoms with E-state index in [1.165, 1.54) is 0 Å². The summed E-state index contributed by atoms with van der Waals surface area (Å²) in [6, 6.07) is 0. The molecule has 0 saturated carbocycles. The third-order valence-electron chi connectivity index (χ3n) is 2.34. The van der Waals surface area contributed by atoms with Crippen LogP contribution < -0.4 is 5.73 Å². The number of thiocarbonyl (C=S) groups is 1. The molecule has 0 aromatic carbocycles. The predicted molar refractivity (Wildman–Crippen MR) is 66.3 cm³/mol. The van der Waals surface area contributed by atoms with Crippen LogP contribution in [0.3, 0.4) is 0 Å². The molecule has 1 unspecified atom stereocenters. The molecule has 0 aliphatic carbocycles. The molecule has 2 N–H and O–H groups in total. The van der Waals surface area contributed by atoms with Crippen LogP contribution in [0.2, 0.25) is 0 Å². The molecule has 0 fully saturated rings. The Morgan fingerprint density at radius 1 is 1.62 bits per heavy atom. The van der Waals surface area contributed by atoms with Gasteiger partial charge in [0, 0.05) is 13.7 Å². The lowest BCUT2D eigenvalue weighted by atomic mass is 10.2. The fourth-order valence-corrected chi connectivity index (χ4v) is 1.81. The first kappa shape index (κ1) is 13.1. The highest BCUT2D eigenvalue weighted by Crippen LogP contribution is 2.09. The molecular weight excluding hydrogens is 224 g/mol. The smallest absolute Gasteiger partial charge is 0.143 e. The molecule has 0 aliphatic rings. The van der Waals surface area contributed by atoms with Crippen LogP contribution >= 0.6 is 12.2 Å². The SMILES string of the molecule is CCc1c(C(N)=S)nnn1CC(C)COC. The largest absolute Gasteiger partial charge is 0.388 e. The molecule has 0 bridgehead atoms. The molecule has 90 valence electrons. The van der Waals surface area contributed by atoms with Crippen molar-refractivity contribution >= 4 is 17.2 Å². The van der Waals surface area contributed by atoms with Gasteiger partial charge in [0.25, 0.3) is 0 Å². The van der Waals surface area contributed by atoms with E-state index in [1.54, 1.807) is 7.11 Å². The van der Waals surface area contributed by atoms with Crippen molar-refractivity contribution in [2.24, 2.45) is 11.7 Å². The van der Waals surface area contributed by atoms with E-state index in [1.807, 2.05) is 11.6 Å². The summed E-state index contributed by atoms with van der Waals surface area (Å²) in [7, 11) is 1.69. The van der Waals surface area contributed by atoms with Gasteiger partial charge in [-0.25, -0.2) is 4.68 Å². The Morgan fingerprint density at radius 3 is 2.81 bits per heavy atom. The molecule has 16 heavy (non-hydrogen) atoms. The number of ether oxygens (including phenoxy) is 1. The maximum Gasteiger partial charge on any atom is 0.143 e. The van der Waals surface area contributed by atoms with Crippen LogP contribution in [-0.4, -0.2) is 33.7 Å². The third-order valence-corrected chi connectivity index (χ3v) is 2.54. The zero-order chi connectivity index (χ0) is 12.1. The Morgan fingerprint density at radius 2 is 2.31 bits per heavy atom. The number of hydrogen-bond donors (Lipinski definition) is 1. The van der Waals surface area contributed by atoms with Crippen LogP contribution in [0.5, 0.6) is 0 Å². The Hall–Kier alpha value is -1.01. The van der Waals surface area contributed by atoms with Gasteiger partial charge in [-0.2, -0.15) is 0 Å². The van der Waals surface area contributed by atoms with Gasteiger partial charge < -0.3 is 10.5 Å². The van der Waals surface area contributed by atoms with Gasteiger partial charge in [0.1, 0.15) is 10.7 Å². The quantitative estimate of drug-likeness (QED) is 0.746. The lowest BCUT2D eigenvalue weighted by Crippen LogP contribution is -2.17. The lowest BCUT2D eigenvalue weighted by Gasteiger charge is -2.11. The Balaban J connectivity index is 2.84. The normalized spacial score (nSPS) is 12.7. The maximum atomic E-state index is 5.58. The third kappa shape index (κ3) is 2.99. The Bertz CT molecular complexity index is 364. The van der Waals surface area contributed by atoms with Gasteiger partial charge in [-0.1, -0.05) is 31.3 Å². The van der Waals surface area contributed by atoms with Gasteiger partial charge in [0.2, 0.25) is 0 Å². The second kappa shape index (κ2) is 5.91. The van der Waals surface area contributed by atoms with Crippen molar-refractivity contribution in [3.8, 4) is 0 Å². The zero-order valence-corrected chi connectivity index (χ0v) is 10.8. The van der Waals surface area contributed by atoms with Gasteiger partial charge >= 0.3 is 0 Å². The fraction of sp³-hybridized carbons (Fsp3) is 0.700. The van der Waals surface area contributed by atoms with Gasteiger partial charge in [-0.3, -0.25) is 0 Å². The number of nitrogens with zero attached hydrogens (tertiary/aromatic N) is 3. The second-order valence-corrected chi connectivity index (χ2v) is 4.28. The van der Waals surface area contributed by atoms with E-state index in [-0.39, 0.29) is 0 Å². The van der Waals surface area contributed by atoms with Crippen molar-refractivity contribution in [1.82, 2.24) is 15.0 Å². The topological polar surface area (TPSA) is 66.0 Å². The first-order chi connectivity index (χ1) is 7.60. The molecule has 0 amide bonds. The van der Waals surface area contributed by atoms with Crippen molar-refractivity contribution in [2.45, 2.75) is 26.8 Å². The van der Waals surface area contributed by atoms with E-state index in [0.717, 1.165) is 18.7 Å². The van der Waals surface area contributed by atoms with Crippen LogP contribution in [0.4, 0.5) is 0 Å². The molecule has 1 aromatic rings. The molecule has 6 heteroatoms. The average Bonchev–Trinajstić information content (AvgIpc) is 2.61. The van der Waals surface area contributed by atoms with Crippen molar-refractivity contribution in [2.75, 3.05) is 13.7 Å². The van der Waals surface area contributed by atoms with Crippen LogP contribution in [0, 0.1) is 5.92 Å². The number of nitrogens with two attached hydrogens (primary N) is 1. The van der Waals surface area contributed by atoms with Crippen LogP contribution in [0.25, 0.3) is 0 Å². The summed E-state index contributed by atoms with van der Waals surface area (Å²) in [6.07, 6.45) is 0.819. The van der Waals surface area contributed by atoms with Crippen molar-refractivity contribution < 1.29 is 4.74 Å². The number of methoxy groups -OCH3 is 1. The van der Waals surface area contributed by atoms with Gasteiger partial charge in [-0.15, -0.1) is 5.10 Å². The summed E-state index contributed by atoms with van der Waals surface area (Å²) in [5, 5.41) is 8.08. The predicted octanol–water partition coefficient (Wildman–Crippen LogP) is 0.757. The molecule has 0 radical (unpaired) electrons. The molecule has 1 atom stereocenters. The summed E-state index contributed by atoms with van der Waals surface area (Å²) in [4.78, 5) is 0.308. The maximum absolute atomic E-state index is 5.58. The number of hydrogen-bond acceptors (Lipinski definition) is 4. The van der Waals surface area contributed by atoms with E-state index < -0.39 is 0 Å². The Kier molecular flexibility index (Phi) is 4.82. The minimum atomic E-state index is 0.308. The standard InChI is InChI=1S/C10H18N4OS/c1-4-8-9(10(11)16)12-13-14(8)5-7(2)6-15-3/h7H,4-6H2,1-3H3,(H2,11,16). The van der Waals surface area contributed by atoms with Gasteiger partial charge in [0.05, 0.1) is 12.3 Å². The highest BCUT2D eigenvalue weighted by atomic mass is 32.1. The average molecular weight is 242 g/mol. The molecular formula is C10H18N4OS. The van der Waals surface area contributed by atoms with Gasteiger partial charge in [-0.05, 0) is 12.3 Å². The summed E-state index contributed by atoms with van der Waals surface area (Å²) in [6.45, 7) is 5.61. The molecule has 1 aromatic heterocycles. The van der Waals surface area contributed by atoms with E-state index in [2.05, 4.69) is 17.2 Å². The number of aromatic nitrogens is 3. The Labute approximate surface area is 101 Å². The monoisotopic (exact) mass is 242 g/mol. The van der Waals surface area contributed by atoms with Crippen molar-refractivity contribution in [1.29, 1.82) is 0 Å². The van der Waals surface area contributed by atoms with Crippen LogP contribution in [0.15, 0.2) is 0 Å². The molecule has 5 nitrogen and oxygen atoms in total. The second-order valence-electron chi connectivity index (χ2n) is 3.85. The first-order valence-corrected chi connectivity index (χ1v) is 5.72. The van der Waals surface area contributed by atoms with Gasteiger partial charge in [0.15, 0.2) is 0 Å². The highest BCUT2D eigenvalue weighted by Gasteiger charge is 2.14. The van der Waals surface area contributed by atoms with Crippen molar-refractivity contribution in [3.63, 3.8) is 0 Å². The van der Waals surface area contributed by atoms with E-state index in [4.69, 9.17) is 22.7 Å². The van der Waals surface area contributed by atoms with Crippen molar-refractivity contribution in [3.05, 3.63) is 11.4 Å². The van der Waals surface area contributed by atoms with Crippen LogP contribution in [0.1, 0.15) is 25.2 Å². The summed E-state index contributed by atoms with van der Waals surface area (Å²) in [5.41, 5.74) is 7.22. The molecule has 1 rings (SSSR count). The summed E-state index contributed by atoms with van der Waals surface area (Å²) < 4.78 is 6.95. The summed E-state index contributed by atoms with van der Waals surface area (Å²) in [5.74, 6) is 0.385. The molecule has 0 saturated heterocycles. The van der Waals surface area contributed by atoms with E-state index in [0.29, 0.717) is 23.2 Å². The van der Waals surface area contributed by atoms with E-state index >= 15 is 0 Å². The highest BCUT2D eigenvalue weighted by molar-refractivity contribution is 7.80. The first-order valence-electron chi connectivity index (χ1n) is 5.31. The molecule has 0 spiro atoms. The lowest BCUT2D eigenvalue weighted by molar-refractivity contribution is 0.148. The minimum Gasteiger partial charge on any atom is -0.388 e. The molecule has 1 heterocycles. The number of rotatable bonds is 6. The summed E-state index contributed by atoms with van der Waals surface area (Å²) >= 11 is 4.93. The minimum absolute atomic E-state index is 0.308. The van der Waals surface area contributed by atoms with E-state index in [9.17, 15) is 0 Å². The van der Waals surface area contributed by atoms with Crippen LogP contribution in [-0.2, 0) is 17.7 Å². The molecule has 0 aliphatic heterocycles. The fourth-order valence-electron chi connectivity index (χ4n) is 1.65.